The zero-order valence-electron chi connectivity index (χ0n) is 28.2. The SMILES string of the molecule is CC[C@H]1/C=C/C=C/C=C/C=C/[C@H](O[C@@H]2O[C@@H](C)[C@@H](O)[C@H](N)[C@H]2O)C[C@@H]2O[C@@](O)(C[C@@H](O)C[C@@H](O)C/C=C/C(=O)O[C@@H]1C)C[C@H](O)[C@H]2C(=O)O. The van der Waals surface area contributed by atoms with Gasteiger partial charge in [-0.2, -0.15) is 0 Å². The summed E-state index contributed by atoms with van der Waals surface area (Å²) in [5.74, 6) is -5.69. The zero-order chi connectivity index (χ0) is 36.3. The van der Waals surface area contributed by atoms with Crippen molar-refractivity contribution in [1.29, 1.82) is 0 Å². The van der Waals surface area contributed by atoms with Gasteiger partial charge in [0, 0.05) is 31.3 Å². The lowest BCUT2D eigenvalue weighted by Crippen LogP contribution is -2.61. The maximum absolute atomic E-state index is 12.3. The van der Waals surface area contributed by atoms with Crippen molar-refractivity contribution in [2.24, 2.45) is 17.6 Å². The summed E-state index contributed by atoms with van der Waals surface area (Å²) in [7, 11) is 0. The van der Waals surface area contributed by atoms with E-state index in [1.165, 1.54) is 12.2 Å². The number of carboxylic acids is 1. The van der Waals surface area contributed by atoms with Gasteiger partial charge >= 0.3 is 11.9 Å². The van der Waals surface area contributed by atoms with Crippen LogP contribution in [0.3, 0.4) is 0 Å². The highest BCUT2D eigenvalue weighted by Crippen LogP contribution is 2.38. The van der Waals surface area contributed by atoms with Crippen molar-refractivity contribution in [3.8, 4) is 0 Å². The normalized spacial score (nSPS) is 45.2. The molecule has 0 aromatic rings. The van der Waals surface area contributed by atoms with Crippen molar-refractivity contribution >= 4 is 11.9 Å². The highest BCUT2D eigenvalue weighted by atomic mass is 16.7. The third-order valence-electron chi connectivity index (χ3n) is 9.05. The molecule has 14 nitrogen and oxygen atoms in total. The van der Waals surface area contributed by atoms with E-state index >= 15 is 0 Å². The van der Waals surface area contributed by atoms with E-state index in [-0.39, 0.29) is 25.2 Å². The molecule has 14 heteroatoms. The Kier molecular flexibility index (Phi) is 15.8. The molecular weight excluding hydrogens is 642 g/mol. The molecule has 0 spiro atoms. The standard InChI is InChI=1S/C35H53NO13/c1-4-22-12-9-7-5-6-8-10-14-25(48-34-32(42)30(36)31(41)21(3)47-34)17-27-29(33(43)44)26(39)19-35(45,49-27)18-24(38)16-23(37)13-11-15-28(40)46-20(22)2/h5-12,14-15,20-27,29-32,34,37-39,41-42,45H,4,13,16-19,36H2,1-3H3,(H,43,44)/b7-5+,8-6+,12-9+,14-10+,15-11+/t20-,21+,22+,23+,24+,25+,26+,27+,29-,30+,31-,32-,34+,35+/m1/s1. The molecule has 276 valence electrons. The molecule has 0 unspecified atom stereocenters. The van der Waals surface area contributed by atoms with E-state index < -0.39 is 104 Å². The smallest absolute Gasteiger partial charge is 0.330 e. The second-order valence-electron chi connectivity index (χ2n) is 13.1. The number of ether oxygens (including phenoxy) is 4. The molecule has 2 fully saturated rings. The second-order valence-corrected chi connectivity index (χ2v) is 13.1. The number of allylic oxidation sites excluding steroid dienone is 6. The quantitative estimate of drug-likeness (QED) is 0.189. The molecule has 0 radical (unpaired) electrons. The van der Waals surface area contributed by atoms with Crippen LogP contribution in [0.5, 0.6) is 0 Å². The molecule has 3 rings (SSSR count). The van der Waals surface area contributed by atoms with E-state index in [9.17, 15) is 45.3 Å². The van der Waals surface area contributed by atoms with Gasteiger partial charge in [-0.05, 0) is 33.1 Å². The van der Waals surface area contributed by atoms with Gasteiger partial charge in [0.05, 0.1) is 48.8 Å². The van der Waals surface area contributed by atoms with Crippen LogP contribution in [0.15, 0.2) is 60.8 Å². The maximum atomic E-state index is 12.3. The molecule has 0 aliphatic carbocycles. The summed E-state index contributed by atoms with van der Waals surface area (Å²) in [6, 6.07) is -1.09. The minimum absolute atomic E-state index is 0.00132. The Morgan fingerprint density at radius 3 is 2.24 bits per heavy atom. The highest BCUT2D eigenvalue weighted by Gasteiger charge is 2.50. The van der Waals surface area contributed by atoms with E-state index in [1.54, 1.807) is 50.3 Å². The molecule has 3 aliphatic rings. The lowest BCUT2D eigenvalue weighted by atomic mass is 9.83. The molecule has 0 saturated carbocycles. The Labute approximate surface area is 286 Å². The molecule has 2 saturated heterocycles. The summed E-state index contributed by atoms with van der Waals surface area (Å²) in [4.78, 5) is 24.6. The predicted molar refractivity (Wildman–Crippen MR) is 176 cm³/mol. The third-order valence-corrected chi connectivity index (χ3v) is 9.05. The van der Waals surface area contributed by atoms with Crippen LogP contribution in [-0.2, 0) is 28.5 Å². The van der Waals surface area contributed by atoms with Gasteiger partial charge in [-0.3, -0.25) is 4.79 Å². The number of hydrogen-bond acceptors (Lipinski definition) is 13. The molecule has 3 aliphatic heterocycles. The van der Waals surface area contributed by atoms with Crippen molar-refractivity contribution in [3.05, 3.63) is 60.8 Å². The Bertz CT molecular complexity index is 1220. The van der Waals surface area contributed by atoms with Crippen LogP contribution in [0.2, 0.25) is 0 Å². The minimum Gasteiger partial charge on any atom is -0.481 e. The fourth-order valence-electron chi connectivity index (χ4n) is 6.29. The molecule has 0 aromatic heterocycles. The van der Waals surface area contributed by atoms with Gasteiger partial charge in [-0.15, -0.1) is 0 Å². The minimum atomic E-state index is -2.18. The Morgan fingerprint density at radius 1 is 0.939 bits per heavy atom. The first-order valence-corrected chi connectivity index (χ1v) is 16.8. The largest absolute Gasteiger partial charge is 0.481 e. The van der Waals surface area contributed by atoms with Gasteiger partial charge in [-0.1, -0.05) is 61.6 Å². The van der Waals surface area contributed by atoms with Crippen molar-refractivity contribution < 1.29 is 64.3 Å². The summed E-state index contributed by atoms with van der Waals surface area (Å²) in [5, 5.41) is 74.4. The van der Waals surface area contributed by atoms with E-state index in [4.69, 9.17) is 24.7 Å². The number of cyclic esters (lactones) is 1. The number of hydrogen-bond donors (Lipinski definition) is 8. The van der Waals surface area contributed by atoms with E-state index in [1.807, 2.05) is 19.1 Å². The summed E-state index contributed by atoms with van der Waals surface area (Å²) < 4.78 is 23.1. The lowest BCUT2D eigenvalue weighted by molar-refractivity contribution is -0.308. The van der Waals surface area contributed by atoms with Crippen LogP contribution in [0.4, 0.5) is 0 Å². The lowest BCUT2D eigenvalue weighted by Gasteiger charge is -2.45. The van der Waals surface area contributed by atoms with Gasteiger partial charge < -0.3 is 60.4 Å². The predicted octanol–water partition coefficient (Wildman–Crippen LogP) is 0.739. The van der Waals surface area contributed by atoms with E-state index in [2.05, 4.69) is 0 Å². The molecule has 0 aromatic carbocycles. The second kappa shape index (κ2) is 19.0. The van der Waals surface area contributed by atoms with Crippen molar-refractivity contribution in [2.75, 3.05) is 0 Å². The van der Waals surface area contributed by atoms with Crippen LogP contribution in [0, 0.1) is 11.8 Å². The summed E-state index contributed by atoms with van der Waals surface area (Å²) in [5.41, 5.74) is 5.98. The molecule has 2 bridgehead atoms. The summed E-state index contributed by atoms with van der Waals surface area (Å²) in [6.07, 6.45) is 4.26. The third kappa shape index (κ3) is 12.2. The van der Waals surface area contributed by atoms with Crippen LogP contribution in [0.25, 0.3) is 0 Å². The summed E-state index contributed by atoms with van der Waals surface area (Å²) in [6.45, 7) is 5.32. The number of rotatable bonds is 4. The van der Waals surface area contributed by atoms with Gasteiger partial charge in [0.2, 0.25) is 0 Å². The topological polar surface area (TPSA) is 239 Å². The van der Waals surface area contributed by atoms with Gasteiger partial charge in [0.15, 0.2) is 12.1 Å². The number of aliphatic hydroxyl groups is 6. The average Bonchev–Trinajstić information content (AvgIpc) is 3.00. The fraction of sp³-hybridized carbons (Fsp3) is 0.657. The van der Waals surface area contributed by atoms with Crippen molar-refractivity contribution in [1.82, 2.24) is 0 Å². The first-order valence-electron chi connectivity index (χ1n) is 16.8. The van der Waals surface area contributed by atoms with E-state index in [0.717, 1.165) is 6.42 Å². The number of carbonyl (C=O) groups is 2. The van der Waals surface area contributed by atoms with Crippen molar-refractivity contribution in [2.45, 2.75) is 132 Å². The molecule has 3 heterocycles. The number of nitrogens with two attached hydrogens (primary N) is 1. The first-order chi connectivity index (χ1) is 23.1. The number of aliphatic carboxylic acids is 1. The van der Waals surface area contributed by atoms with Crippen LogP contribution >= 0.6 is 0 Å². The molecule has 0 amide bonds. The average molecular weight is 696 g/mol. The zero-order valence-corrected chi connectivity index (χ0v) is 28.2. The monoisotopic (exact) mass is 695 g/mol. The van der Waals surface area contributed by atoms with Crippen LogP contribution in [0.1, 0.15) is 59.3 Å². The first kappa shape index (κ1) is 40.7. The maximum Gasteiger partial charge on any atom is 0.330 e. The Morgan fingerprint density at radius 2 is 1.59 bits per heavy atom. The number of carboxylic acid groups (broad SMARTS) is 1. The highest BCUT2D eigenvalue weighted by molar-refractivity contribution is 5.82. The van der Waals surface area contributed by atoms with Gasteiger partial charge in [-0.25, -0.2) is 4.79 Å². The molecule has 14 atom stereocenters. The number of aliphatic hydroxyl groups excluding tert-OH is 5. The van der Waals surface area contributed by atoms with Crippen LogP contribution < -0.4 is 5.73 Å². The molecule has 9 N–H and O–H groups in total. The van der Waals surface area contributed by atoms with Crippen LogP contribution in [-0.4, -0.2) is 121 Å². The summed E-state index contributed by atoms with van der Waals surface area (Å²) >= 11 is 0. The van der Waals surface area contributed by atoms with E-state index in [0.29, 0.717) is 0 Å². The molecular formula is C35H53NO13. The molecule has 49 heavy (non-hydrogen) atoms. The number of fused-ring (bicyclic) bond motifs is 2. The fourth-order valence-corrected chi connectivity index (χ4v) is 6.29. The van der Waals surface area contributed by atoms with Gasteiger partial charge in [0.25, 0.3) is 0 Å². The van der Waals surface area contributed by atoms with Crippen molar-refractivity contribution in [3.63, 3.8) is 0 Å². The Balaban J connectivity index is 1.93. The number of carbonyl (C=O) groups excluding carboxylic acids is 1. The number of esters is 1. The van der Waals surface area contributed by atoms with Gasteiger partial charge in [0.1, 0.15) is 18.1 Å². The Hall–Kier alpha value is -2.76.